The van der Waals surface area contributed by atoms with Gasteiger partial charge in [0.05, 0.1) is 0 Å². The zero-order valence-corrected chi connectivity index (χ0v) is 8.27. The molecule has 0 heterocycles. The zero-order chi connectivity index (χ0) is 8.53. The fourth-order valence-electron chi connectivity index (χ4n) is 0.935. The molecule has 0 aliphatic rings. The third-order valence-electron chi connectivity index (χ3n) is 2.13. The van der Waals surface area contributed by atoms with E-state index in [4.69, 9.17) is 0 Å². The van der Waals surface area contributed by atoms with Gasteiger partial charge in [-0.3, -0.25) is 0 Å². The maximum absolute atomic E-state index is 2.34. The first-order chi connectivity index (χ1) is 5.31. The minimum atomic E-state index is 0.868. The molecule has 0 bridgehead atoms. The lowest BCUT2D eigenvalue weighted by molar-refractivity contribution is 0.571. The maximum Gasteiger partial charge on any atom is -0.0325 e. The van der Waals surface area contributed by atoms with Gasteiger partial charge in [-0.1, -0.05) is 52.2 Å². The highest BCUT2D eigenvalue weighted by Gasteiger charge is 1.92. The third-order valence-corrected chi connectivity index (χ3v) is 2.13. The van der Waals surface area contributed by atoms with Gasteiger partial charge in [0.1, 0.15) is 0 Å². The van der Waals surface area contributed by atoms with Crippen LogP contribution in [0.25, 0.3) is 0 Å². The van der Waals surface area contributed by atoms with Crippen molar-refractivity contribution in [1.82, 2.24) is 0 Å². The second-order valence-electron chi connectivity index (χ2n) is 3.36. The average Bonchev–Trinajstić information content (AvgIpc) is 2.04. The van der Waals surface area contributed by atoms with Crippen molar-refractivity contribution in [3.63, 3.8) is 0 Å². The molecule has 0 rings (SSSR count). The molecule has 0 saturated heterocycles. The fraction of sp³-hybridized carbons (Fsp3) is 0.818. The summed E-state index contributed by atoms with van der Waals surface area (Å²) >= 11 is 0. The second-order valence-corrected chi connectivity index (χ2v) is 3.36. The van der Waals surface area contributed by atoms with Crippen molar-refractivity contribution < 1.29 is 0 Å². The van der Waals surface area contributed by atoms with Crippen LogP contribution in [0.5, 0.6) is 0 Å². The average molecular weight is 154 g/mol. The summed E-state index contributed by atoms with van der Waals surface area (Å²) in [6.45, 7) is 6.80. The van der Waals surface area contributed by atoms with Crippen LogP contribution in [-0.2, 0) is 0 Å². The summed E-state index contributed by atoms with van der Waals surface area (Å²) in [4.78, 5) is 0. The zero-order valence-electron chi connectivity index (χ0n) is 8.27. The van der Waals surface area contributed by atoms with Crippen LogP contribution in [-0.4, -0.2) is 0 Å². The monoisotopic (exact) mass is 154 g/mol. The number of unbranched alkanes of at least 4 members (excludes halogenated alkanes) is 2. The minimum Gasteiger partial charge on any atom is -0.0885 e. The smallest absolute Gasteiger partial charge is 0.0325 e. The van der Waals surface area contributed by atoms with Crippen LogP contribution in [0.3, 0.4) is 0 Å². The highest BCUT2D eigenvalue weighted by Crippen LogP contribution is 2.07. The van der Waals surface area contributed by atoms with E-state index in [1.54, 1.807) is 0 Å². The molecule has 11 heavy (non-hydrogen) atoms. The Morgan fingerprint density at radius 3 is 2.45 bits per heavy atom. The predicted molar refractivity (Wildman–Crippen MR) is 52.7 cm³/mol. The Bertz CT molecular complexity index is 92.2. The third kappa shape index (κ3) is 7.64. The first-order valence-corrected chi connectivity index (χ1v) is 4.96. The summed E-state index contributed by atoms with van der Waals surface area (Å²) in [7, 11) is 0. The topological polar surface area (TPSA) is 0 Å². The van der Waals surface area contributed by atoms with Crippen LogP contribution in [0.2, 0.25) is 0 Å². The van der Waals surface area contributed by atoms with E-state index in [0.29, 0.717) is 0 Å². The van der Waals surface area contributed by atoms with E-state index >= 15 is 0 Å². The van der Waals surface area contributed by atoms with Crippen LogP contribution in [0.1, 0.15) is 52.9 Å². The summed E-state index contributed by atoms with van der Waals surface area (Å²) in [5.74, 6) is 0.868. The Balaban J connectivity index is 3.15. The molecule has 0 aliphatic carbocycles. The van der Waals surface area contributed by atoms with E-state index in [1.807, 2.05) is 0 Å². The highest BCUT2D eigenvalue weighted by molar-refractivity contribution is 4.82. The summed E-state index contributed by atoms with van der Waals surface area (Å²) in [6, 6.07) is 0. The molecule has 0 aromatic heterocycles. The van der Waals surface area contributed by atoms with Crippen molar-refractivity contribution in [3.8, 4) is 0 Å². The SMILES string of the molecule is CCCCC=CCC(C)CC. The quantitative estimate of drug-likeness (QED) is 0.398. The molecule has 0 amide bonds. The van der Waals surface area contributed by atoms with E-state index < -0.39 is 0 Å². The van der Waals surface area contributed by atoms with Crippen LogP contribution >= 0.6 is 0 Å². The van der Waals surface area contributed by atoms with Gasteiger partial charge in [0, 0.05) is 0 Å². The molecule has 1 unspecified atom stereocenters. The van der Waals surface area contributed by atoms with E-state index in [2.05, 4.69) is 32.9 Å². The fourth-order valence-corrected chi connectivity index (χ4v) is 0.935. The molecule has 66 valence electrons. The summed E-state index contributed by atoms with van der Waals surface area (Å²) in [5, 5.41) is 0. The minimum absolute atomic E-state index is 0.868. The van der Waals surface area contributed by atoms with Gasteiger partial charge in [0.2, 0.25) is 0 Å². The lowest BCUT2D eigenvalue weighted by Gasteiger charge is -2.01. The van der Waals surface area contributed by atoms with Crippen molar-refractivity contribution in [1.29, 1.82) is 0 Å². The van der Waals surface area contributed by atoms with E-state index in [9.17, 15) is 0 Å². The van der Waals surface area contributed by atoms with Crippen LogP contribution in [0.4, 0.5) is 0 Å². The van der Waals surface area contributed by atoms with Crippen molar-refractivity contribution in [2.24, 2.45) is 5.92 Å². The summed E-state index contributed by atoms with van der Waals surface area (Å²) < 4.78 is 0. The van der Waals surface area contributed by atoms with Crippen LogP contribution in [0.15, 0.2) is 12.2 Å². The van der Waals surface area contributed by atoms with Gasteiger partial charge < -0.3 is 0 Å². The molecular formula is C11H22. The van der Waals surface area contributed by atoms with Crippen molar-refractivity contribution in [2.45, 2.75) is 52.9 Å². The first kappa shape index (κ1) is 10.7. The van der Waals surface area contributed by atoms with Crippen molar-refractivity contribution in [3.05, 3.63) is 12.2 Å². The number of hydrogen-bond acceptors (Lipinski definition) is 0. The van der Waals surface area contributed by atoms with Crippen LogP contribution < -0.4 is 0 Å². The van der Waals surface area contributed by atoms with E-state index in [1.165, 1.54) is 32.1 Å². The van der Waals surface area contributed by atoms with E-state index in [-0.39, 0.29) is 0 Å². The highest BCUT2D eigenvalue weighted by atomic mass is 14.0. The van der Waals surface area contributed by atoms with Gasteiger partial charge in [-0.15, -0.1) is 0 Å². The number of allylic oxidation sites excluding steroid dienone is 2. The van der Waals surface area contributed by atoms with Crippen molar-refractivity contribution in [2.75, 3.05) is 0 Å². The molecule has 0 radical (unpaired) electrons. The lowest BCUT2D eigenvalue weighted by atomic mass is 10.0. The van der Waals surface area contributed by atoms with Gasteiger partial charge in [-0.25, -0.2) is 0 Å². The number of rotatable bonds is 6. The standard InChI is InChI=1S/C11H22/c1-4-6-7-8-9-10-11(3)5-2/h8-9,11H,4-7,10H2,1-3H3. The summed E-state index contributed by atoms with van der Waals surface area (Å²) in [5.41, 5.74) is 0. The lowest BCUT2D eigenvalue weighted by Crippen LogP contribution is -1.87. The van der Waals surface area contributed by atoms with Gasteiger partial charge >= 0.3 is 0 Å². The molecule has 0 N–H and O–H groups in total. The molecule has 0 aliphatic heterocycles. The van der Waals surface area contributed by atoms with Gasteiger partial charge in [-0.2, -0.15) is 0 Å². The maximum atomic E-state index is 2.34. The Kier molecular flexibility index (Phi) is 7.66. The second kappa shape index (κ2) is 7.84. The molecular weight excluding hydrogens is 132 g/mol. The predicted octanol–water partition coefficient (Wildman–Crippen LogP) is 4.17. The van der Waals surface area contributed by atoms with E-state index in [0.717, 1.165) is 5.92 Å². The largest absolute Gasteiger partial charge is 0.0885 e. The molecule has 0 spiro atoms. The molecule has 0 aromatic carbocycles. The Labute approximate surface area is 71.7 Å². The van der Waals surface area contributed by atoms with Crippen LogP contribution in [0, 0.1) is 5.92 Å². The van der Waals surface area contributed by atoms with Gasteiger partial charge in [0.15, 0.2) is 0 Å². The summed E-state index contributed by atoms with van der Waals surface area (Å²) in [6.07, 6.45) is 11.2. The van der Waals surface area contributed by atoms with Crippen molar-refractivity contribution >= 4 is 0 Å². The first-order valence-electron chi connectivity index (χ1n) is 4.96. The number of hydrogen-bond donors (Lipinski definition) is 0. The Hall–Kier alpha value is -0.260. The van der Waals surface area contributed by atoms with Gasteiger partial charge in [0.25, 0.3) is 0 Å². The molecule has 0 fully saturated rings. The Morgan fingerprint density at radius 2 is 1.91 bits per heavy atom. The normalized spacial score (nSPS) is 14.1. The molecule has 0 nitrogen and oxygen atoms in total. The molecule has 0 heteroatoms. The molecule has 0 aromatic rings. The van der Waals surface area contributed by atoms with Gasteiger partial charge in [-0.05, 0) is 18.8 Å². The molecule has 1 atom stereocenters. The Morgan fingerprint density at radius 1 is 1.18 bits per heavy atom. The molecule has 0 saturated carbocycles.